The SMILES string of the molecule is Cc1ccc(N2C(=O)[C@H]3Cc4ccccc4CN3C2=S)cc1C. The summed E-state index contributed by atoms with van der Waals surface area (Å²) in [4.78, 5) is 16.7. The predicted octanol–water partition coefficient (Wildman–Crippen LogP) is 3.36. The number of hydrogen-bond acceptors (Lipinski definition) is 2. The third kappa shape index (κ3) is 2.17. The molecule has 0 saturated carbocycles. The predicted molar refractivity (Wildman–Crippen MR) is 95.5 cm³/mol. The number of carbonyl (C=O) groups is 1. The second kappa shape index (κ2) is 5.17. The highest BCUT2D eigenvalue weighted by Gasteiger charge is 2.45. The maximum Gasteiger partial charge on any atom is 0.256 e. The summed E-state index contributed by atoms with van der Waals surface area (Å²) in [5.41, 5.74) is 5.79. The van der Waals surface area contributed by atoms with Gasteiger partial charge in [-0.05, 0) is 60.5 Å². The van der Waals surface area contributed by atoms with Crippen molar-refractivity contribution in [1.29, 1.82) is 0 Å². The summed E-state index contributed by atoms with van der Waals surface area (Å²) < 4.78 is 0. The molecule has 1 fully saturated rings. The Morgan fingerprint density at radius 2 is 1.78 bits per heavy atom. The van der Waals surface area contributed by atoms with Crippen LogP contribution in [0.2, 0.25) is 0 Å². The quantitative estimate of drug-likeness (QED) is 0.752. The Hall–Kier alpha value is -2.20. The lowest BCUT2D eigenvalue weighted by atomic mass is 9.95. The molecule has 4 heteroatoms. The lowest BCUT2D eigenvalue weighted by molar-refractivity contribution is -0.119. The first kappa shape index (κ1) is 14.4. The van der Waals surface area contributed by atoms with Crippen LogP contribution in [0.25, 0.3) is 0 Å². The van der Waals surface area contributed by atoms with Crippen LogP contribution in [-0.2, 0) is 17.8 Å². The van der Waals surface area contributed by atoms with Crippen molar-refractivity contribution in [1.82, 2.24) is 4.90 Å². The molecule has 0 unspecified atom stereocenters. The molecule has 0 radical (unpaired) electrons. The molecule has 2 aliphatic rings. The first-order chi connectivity index (χ1) is 11.1. The van der Waals surface area contributed by atoms with Gasteiger partial charge in [0.2, 0.25) is 0 Å². The van der Waals surface area contributed by atoms with Gasteiger partial charge in [0, 0.05) is 13.0 Å². The van der Waals surface area contributed by atoms with Gasteiger partial charge in [0.1, 0.15) is 6.04 Å². The number of aryl methyl sites for hydroxylation is 2. The maximum atomic E-state index is 13.0. The number of fused-ring (bicyclic) bond motifs is 2. The largest absolute Gasteiger partial charge is 0.332 e. The van der Waals surface area contributed by atoms with Crippen molar-refractivity contribution in [3.05, 3.63) is 64.7 Å². The van der Waals surface area contributed by atoms with Crippen LogP contribution >= 0.6 is 12.2 Å². The van der Waals surface area contributed by atoms with E-state index in [0.717, 1.165) is 12.1 Å². The summed E-state index contributed by atoms with van der Waals surface area (Å²) in [5, 5.41) is 0.623. The molecule has 1 atom stereocenters. The zero-order valence-electron chi connectivity index (χ0n) is 13.2. The van der Waals surface area contributed by atoms with E-state index in [4.69, 9.17) is 12.2 Å². The molecule has 0 N–H and O–H groups in total. The van der Waals surface area contributed by atoms with E-state index in [0.29, 0.717) is 11.7 Å². The van der Waals surface area contributed by atoms with Crippen LogP contribution in [0.1, 0.15) is 22.3 Å². The third-order valence-corrected chi connectivity index (χ3v) is 5.36. The average molecular weight is 322 g/mol. The van der Waals surface area contributed by atoms with E-state index < -0.39 is 0 Å². The fourth-order valence-corrected chi connectivity index (χ4v) is 3.81. The van der Waals surface area contributed by atoms with E-state index in [1.807, 2.05) is 30.3 Å². The van der Waals surface area contributed by atoms with Crippen molar-refractivity contribution >= 4 is 28.9 Å². The number of nitrogens with zero attached hydrogens (tertiary/aromatic N) is 2. The van der Waals surface area contributed by atoms with Crippen LogP contribution in [0, 0.1) is 13.8 Å². The summed E-state index contributed by atoms with van der Waals surface area (Å²) in [6, 6.07) is 14.2. The van der Waals surface area contributed by atoms with Crippen molar-refractivity contribution in [2.75, 3.05) is 4.90 Å². The third-order valence-electron chi connectivity index (χ3n) is 4.94. The first-order valence-corrected chi connectivity index (χ1v) is 8.25. The van der Waals surface area contributed by atoms with Gasteiger partial charge < -0.3 is 4.90 Å². The van der Waals surface area contributed by atoms with E-state index in [1.165, 1.54) is 22.3 Å². The van der Waals surface area contributed by atoms with Crippen molar-refractivity contribution < 1.29 is 4.79 Å². The van der Waals surface area contributed by atoms with Gasteiger partial charge in [-0.15, -0.1) is 0 Å². The number of hydrogen-bond donors (Lipinski definition) is 0. The van der Waals surface area contributed by atoms with Crippen LogP contribution < -0.4 is 4.90 Å². The summed E-state index contributed by atoms with van der Waals surface area (Å²) in [7, 11) is 0. The molecule has 2 aromatic rings. The Labute approximate surface area is 141 Å². The zero-order chi connectivity index (χ0) is 16.1. The van der Waals surface area contributed by atoms with Gasteiger partial charge in [0.25, 0.3) is 5.91 Å². The van der Waals surface area contributed by atoms with Gasteiger partial charge >= 0.3 is 0 Å². The van der Waals surface area contributed by atoms with Crippen LogP contribution in [0.4, 0.5) is 5.69 Å². The minimum atomic E-state index is -0.168. The molecule has 1 amide bonds. The topological polar surface area (TPSA) is 23.6 Å². The van der Waals surface area contributed by atoms with Gasteiger partial charge in [-0.3, -0.25) is 9.69 Å². The molecule has 2 aliphatic heterocycles. The number of benzene rings is 2. The molecular formula is C19H18N2OS. The maximum absolute atomic E-state index is 13.0. The minimum absolute atomic E-state index is 0.0905. The number of thiocarbonyl (C=S) groups is 1. The van der Waals surface area contributed by atoms with Gasteiger partial charge in [0.15, 0.2) is 5.11 Å². The molecule has 0 aromatic heterocycles. The molecule has 1 saturated heterocycles. The lowest BCUT2D eigenvalue weighted by Crippen LogP contribution is -2.39. The molecule has 23 heavy (non-hydrogen) atoms. The zero-order valence-corrected chi connectivity index (χ0v) is 14.1. The van der Waals surface area contributed by atoms with Gasteiger partial charge in [-0.25, -0.2) is 0 Å². The molecule has 116 valence electrons. The summed E-state index contributed by atoms with van der Waals surface area (Å²) in [6.45, 7) is 4.85. The highest BCUT2D eigenvalue weighted by atomic mass is 32.1. The summed E-state index contributed by atoms with van der Waals surface area (Å²) in [5.74, 6) is 0.0905. The molecule has 3 nitrogen and oxygen atoms in total. The van der Waals surface area contributed by atoms with Crippen LogP contribution in [0.5, 0.6) is 0 Å². The van der Waals surface area contributed by atoms with Crippen molar-refractivity contribution in [2.45, 2.75) is 32.9 Å². The fraction of sp³-hybridized carbons (Fsp3) is 0.263. The normalized spacial score (nSPS) is 19.8. The van der Waals surface area contributed by atoms with Gasteiger partial charge in [-0.1, -0.05) is 30.3 Å². The Balaban J connectivity index is 1.72. The highest BCUT2D eigenvalue weighted by Crippen LogP contribution is 2.33. The first-order valence-electron chi connectivity index (χ1n) is 7.85. The Morgan fingerprint density at radius 1 is 1.04 bits per heavy atom. The van der Waals surface area contributed by atoms with Crippen LogP contribution in [0.15, 0.2) is 42.5 Å². The van der Waals surface area contributed by atoms with E-state index in [2.05, 4.69) is 30.9 Å². The van der Waals surface area contributed by atoms with Crippen LogP contribution in [0.3, 0.4) is 0 Å². The molecule has 0 aliphatic carbocycles. The van der Waals surface area contributed by atoms with E-state index in [-0.39, 0.29) is 11.9 Å². The molecule has 0 spiro atoms. The number of anilines is 1. The number of amides is 1. The molecular weight excluding hydrogens is 304 g/mol. The summed E-state index contributed by atoms with van der Waals surface area (Å²) >= 11 is 5.63. The van der Waals surface area contributed by atoms with E-state index in [9.17, 15) is 4.79 Å². The Kier molecular flexibility index (Phi) is 3.23. The fourth-order valence-electron chi connectivity index (χ4n) is 3.42. The number of carbonyl (C=O) groups excluding carboxylic acids is 1. The standard InChI is InChI=1S/C19H18N2OS/c1-12-7-8-16(9-13(12)2)21-18(22)17-10-14-5-3-4-6-15(14)11-20(17)19(21)23/h3-9,17H,10-11H2,1-2H3/t17-/m1/s1. The molecule has 2 heterocycles. The summed E-state index contributed by atoms with van der Waals surface area (Å²) in [6.07, 6.45) is 0.733. The molecule has 0 bridgehead atoms. The number of rotatable bonds is 1. The lowest BCUT2D eigenvalue weighted by Gasteiger charge is -2.30. The highest BCUT2D eigenvalue weighted by molar-refractivity contribution is 7.80. The second-order valence-corrected chi connectivity index (χ2v) is 6.71. The smallest absolute Gasteiger partial charge is 0.256 e. The van der Waals surface area contributed by atoms with Crippen molar-refractivity contribution in [3.8, 4) is 0 Å². The van der Waals surface area contributed by atoms with Crippen LogP contribution in [-0.4, -0.2) is 22.0 Å². The van der Waals surface area contributed by atoms with Crippen molar-refractivity contribution in [3.63, 3.8) is 0 Å². The van der Waals surface area contributed by atoms with E-state index >= 15 is 0 Å². The Morgan fingerprint density at radius 3 is 2.52 bits per heavy atom. The van der Waals surface area contributed by atoms with Gasteiger partial charge in [0.05, 0.1) is 5.69 Å². The second-order valence-electron chi connectivity index (χ2n) is 6.34. The molecule has 2 aromatic carbocycles. The van der Waals surface area contributed by atoms with Gasteiger partial charge in [-0.2, -0.15) is 0 Å². The average Bonchev–Trinajstić information content (AvgIpc) is 2.79. The van der Waals surface area contributed by atoms with E-state index in [1.54, 1.807) is 4.90 Å². The minimum Gasteiger partial charge on any atom is -0.332 e. The van der Waals surface area contributed by atoms with Crippen molar-refractivity contribution in [2.24, 2.45) is 0 Å². The Bertz CT molecular complexity index is 787. The molecule has 4 rings (SSSR count). The monoisotopic (exact) mass is 322 g/mol.